The molecule has 1 aliphatic carbocycles. The molecule has 0 heterocycles. The topological polar surface area (TPSA) is 32.3 Å². The minimum absolute atomic E-state index is 0.126. The van der Waals surface area contributed by atoms with E-state index in [9.17, 15) is 9.18 Å². The van der Waals surface area contributed by atoms with Gasteiger partial charge in [0.05, 0.1) is 5.69 Å². The lowest BCUT2D eigenvalue weighted by molar-refractivity contribution is -0.116. The van der Waals surface area contributed by atoms with Crippen molar-refractivity contribution < 1.29 is 9.18 Å². The lowest BCUT2D eigenvalue weighted by atomic mass is 10.3. The van der Waals surface area contributed by atoms with Gasteiger partial charge >= 0.3 is 0 Å². The van der Waals surface area contributed by atoms with E-state index >= 15 is 0 Å². The first-order valence-corrected chi connectivity index (χ1v) is 6.49. The number of carbonyl (C=O) groups excluding carboxylic acids is 1. The van der Waals surface area contributed by atoms with Crippen LogP contribution in [0.25, 0.3) is 0 Å². The van der Waals surface area contributed by atoms with Crippen LogP contribution in [-0.2, 0) is 4.79 Å². The normalized spacial score (nSPS) is 14.8. The number of amides is 1. The van der Waals surface area contributed by atoms with Gasteiger partial charge in [0.15, 0.2) is 0 Å². The Hall–Kier alpha value is -1.42. The Balaban J connectivity index is 1.80. The van der Waals surface area contributed by atoms with Crippen molar-refractivity contribution in [1.29, 1.82) is 0 Å². The standard InChI is InChI=1S/C14H19FN2O/c1-2-17(11-7-8-11)10-9-14(18)16-13-6-4-3-5-12(13)15/h3-6,11H,2,7-10H2,1H3,(H,16,18). The summed E-state index contributed by atoms with van der Waals surface area (Å²) in [5.41, 5.74) is 0.261. The van der Waals surface area contributed by atoms with Gasteiger partial charge in [-0.25, -0.2) is 4.39 Å². The van der Waals surface area contributed by atoms with Crippen LogP contribution >= 0.6 is 0 Å². The molecule has 3 nitrogen and oxygen atoms in total. The number of rotatable bonds is 6. The number of para-hydroxylation sites is 1. The van der Waals surface area contributed by atoms with Gasteiger partial charge in [-0.05, 0) is 31.5 Å². The van der Waals surface area contributed by atoms with E-state index in [-0.39, 0.29) is 17.4 Å². The summed E-state index contributed by atoms with van der Waals surface area (Å²) in [5.74, 6) is -0.514. The van der Waals surface area contributed by atoms with Gasteiger partial charge in [-0.1, -0.05) is 19.1 Å². The fourth-order valence-electron chi connectivity index (χ4n) is 2.06. The number of nitrogens with zero attached hydrogens (tertiary/aromatic N) is 1. The predicted molar refractivity (Wildman–Crippen MR) is 69.9 cm³/mol. The van der Waals surface area contributed by atoms with E-state index in [1.165, 1.54) is 18.9 Å². The molecule has 18 heavy (non-hydrogen) atoms. The van der Waals surface area contributed by atoms with Crippen molar-refractivity contribution in [3.63, 3.8) is 0 Å². The number of anilines is 1. The monoisotopic (exact) mass is 250 g/mol. The molecule has 1 saturated carbocycles. The third-order valence-electron chi connectivity index (χ3n) is 3.24. The average molecular weight is 250 g/mol. The Kier molecular flexibility index (Phi) is 4.31. The van der Waals surface area contributed by atoms with Gasteiger partial charge in [0.2, 0.25) is 5.91 Å². The van der Waals surface area contributed by atoms with Gasteiger partial charge < -0.3 is 10.2 Å². The van der Waals surface area contributed by atoms with Crippen molar-refractivity contribution in [1.82, 2.24) is 4.90 Å². The molecule has 98 valence electrons. The fourth-order valence-corrected chi connectivity index (χ4v) is 2.06. The quantitative estimate of drug-likeness (QED) is 0.841. The van der Waals surface area contributed by atoms with Gasteiger partial charge in [0, 0.05) is 19.0 Å². The maximum absolute atomic E-state index is 13.3. The zero-order valence-corrected chi connectivity index (χ0v) is 10.7. The summed E-state index contributed by atoms with van der Waals surface area (Å²) in [7, 11) is 0. The van der Waals surface area contributed by atoms with Crippen molar-refractivity contribution in [2.45, 2.75) is 32.2 Å². The molecule has 1 aliphatic rings. The molecule has 0 bridgehead atoms. The molecule has 1 fully saturated rings. The smallest absolute Gasteiger partial charge is 0.225 e. The van der Waals surface area contributed by atoms with Gasteiger partial charge in [-0.3, -0.25) is 4.79 Å². The van der Waals surface area contributed by atoms with Crippen LogP contribution < -0.4 is 5.32 Å². The molecule has 0 radical (unpaired) electrons. The summed E-state index contributed by atoms with van der Waals surface area (Å²) in [6.45, 7) is 3.83. The van der Waals surface area contributed by atoms with Crippen LogP contribution in [0.1, 0.15) is 26.2 Å². The molecular weight excluding hydrogens is 231 g/mol. The summed E-state index contributed by atoms with van der Waals surface area (Å²) in [4.78, 5) is 14.0. The van der Waals surface area contributed by atoms with Crippen LogP contribution in [0, 0.1) is 5.82 Å². The molecular formula is C14H19FN2O. The number of halogens is 1. The molecule has 0 atom stereocenters. The molecule has 2 rings (SSSR count). The highest BCUT2D eigenvalue weighted by Crippen LogP contribution is 2.26. The molecule has 1 amide bonds. The highest BCUT2D eigenvalue weighted by molar-refractivity contribution is 5.90. The molecule has 4 heteroatoms. The maximum atomic E-state index is 13.3. The van der Waals surface area contributed by atoms with E-state index in [1.807, 2.05) is 0 Å². The summed E-state index contributed by atoms with van der Waals surface area (Å²) in [6.07, 6.45) is 2.89. The van der Waals surface area contributed by atoms with E-state index in [0.717, 1.165) is 13.1 Å². The molecule has 0 aliphatic heterocycles. The van der Waals surface area contributed by atoms with Crippen LogP contribution in [0.2, 0.25) is 0 Å². The van der Waals surface area contributed by atoms with Crippen molar-refractivity contribution in [3.05, 3.63) is 30.1 Å². The lowest BCUT2D eigenvalue weighted by Crippen LogP contribution is -2.29. The van der Waals surface area contributed by atoms with E-state index in [0.29, 0.717) is 12.5 Å². The van der Waals surface area contributed by atoms with Crippen LogP contribution in [0.3, 0.4) is 0 Å². The second kappa shape index (κ2) is 5.96. The van der Waals surface area contributed by atoms with Crippen LogP contribution in [0.15, 0.2) is 24.3 Å². The number of hydrogen-bond donors (Lipinski definition) is 1. The highest BCUT2D eigenvalue weighted by atomic mass is 19.1. The summed E-state index contributed by atoms with van der Waals surface area (Å²) in [6, 6.07) is 6.90. The number of hydrogen-bond acceptors (Lipinski definition) is 2. The Morgan fingerprint density at radius 1 is 1.44 bits per heavy atom. The molecule has 0 saturated heterocycles. The van der Waals surface area contributed by atoms with Crippen LogP contribution in [0.4, 0.5) is 10.1 Å². The largest absolute Gasteiger partial charge is 0.324 e. The zero-order valence-electron chi connectivity index (χ0n) is 10.7. The molecule has 0 aromatic heterocycles. The number of carbonyl (C=O) groups is 1. The first-order chi connectivity index (χ1) is 8.70. The van der Waals surface area contributed by atoms with Crippen molar-refractivity contribution in [2.75, 3.05) is 18.4 Å². The van der Waals surface area contributed by atoms with Gasteiger partial charge in [-0.2, -0.15) is 0 Å². The summed E-state index contributed by atoms with van der Waals surface area (Å²) in [5, 5.41) is 2.61. The fraction of sp³-hybridized carbons (Fsp3) is 0.500. The van der Waals surface area contributed by atoms with Crippen molar-refractivity contribution in [2.24, 2.45) is 0 Å². The number of benzene rings is 1. The van der Waals surface area contributed by atoms with Crippen LogP contribution in [0.5, 0.6) is 0 Å². The lowest BCUT2D eigenvalue weighted by Gasteiger charge is -2.19. The minimum Gasteiger partial charge on any atom is -0.324 e. The van der Waals surface area contributed by atoms with E-state index in [2.05, 4.69) is 17.1 Å². The maximum Gasteiger partial charge on any atom is 0.225 e. The molecule has 1 N–H and O–H groups in total. The van der Waals surface area contributed by atoms with Gasteiger partial charge in [0.1, 0.15) is 5.82 Å². The van der Waals surface area contributed by atoms with Gasteiger partial charge in [-0.15, -0.1) is 0 Å². The third-order valence-corrected chi connectivity index (χ3v) is 3.24. The van der Waals surface area contributed by atoms with E-state index in [1.54, 1.807) is 18.2 Å². The van der Waals surface area contributed by atoms with Crippen LogP contribution in [-0.4, -0.2) is 29.9 Å². The molecule has 1 aromatic rings. The SMILES string of the molecule is CCN(CCC(=O)Nc1ccccc1F)C1CC1. The highest BCUT2D eigenvalue weighted by Gasteiger charge is 2.27. The Bertz CT molecular complexity index is 418. The molecule has 1 aromatic carbocycles. The molecule has 0 unspecified atom stereocenters. The summed E-state index contributed by atoms with van der Waals surface area (Å²) >= 11 is 0. The van der Waals surface area contributed by atoms with E-state index in [4.69, 9.17) is 0 Å². The minimum atomic E-state index is -0.389. The number of nitrogens with one attached hydrogen (secondary N) is 1. The second-order valence-corrected chi connectivity index (χ2v) is 4.64. The Morgan fingerprint density at radius 2 is 2.17 bits per heavy atom. The Morgan fingerprint density at radius 3 is 2.78 bits per heavy atom. The predicted octanol–water partition coefficient (Wildman–Crippen LogP) is 2.64. The van der Waals surface area contributed by atoms with Gasteiger partial charge in [0.25, 0.3) is 0 Å². The zero-order chi connectivity index (χ0) is 13.0. The second-order valence-electron chi connectivity index (χ2n) is 4.64. The third kappa shape index (κ3) is 3.53. The molecule has 0 spiro atoms. The first-order valence-electron chi connectivity index (χ1n) is 6.49. The average Bonchev–Trinajstić information content (AvgIpc) is 3.17. The van der Waals surface area contributed by atoms with Crippen molar-refractivity contribution >= 4 is 11.6 Å². The Labute approximate surface area is 107 Å². The van der Waals surface area contributed by atoms with E-state index < -0.39 is 0 Å². The summed E-state index contributed by atoms with van der Waals surface area (Å²) < 4.78 is 13.3. The first kappa shape index (κ1) is 13.0. The van der Waals surface area contributed by atoms with Crippen molar-refractivity contribution in [3.8, 4) is 0 Å².